The molecule has 182 valence electrons. The average molecular weight is 563 g/mol. The molecule has 1 aromatic heterocycles. The molecule has 1 saturated heterocycles. The van der Waals surface area contributed by atoms with Crippen LogP contribution in [0.25, 0.3) is 16.0 Å². The number of rotatable bonds is 4. The van der Waals surface area contributed by atoms with E-state index >= 15 is 0 Å². The molecule has 0 radical (unpaired) electrons. The Balaban J connectivity index is 1.73. The number of aryl methyl sites for hydroxylation is 3. The molecular weight excluding hydrogens is 540 g/mol. The fraction of sp³-hybridized carbons (Fsp3) is 0.179. The molecule has 1 amide bonds. The molecule has 6 nitrogen and oxygen atoms in total. The Kier molecular flexibility index (Phi) is 6.18. The minimum Gasteiger partial charge on any atom is -0.507 e. The quantitative estimate of drug-likeness (QED) is 0.172. The van der Waals surface area contributed by atoms with E-state index in [1.807, 2.05) is 57.2 Å². The van der Waals surface area contributed by atoms with Crippen LogP contribution >= 0.6 is 27.3 Å². The average Bonchev–Trinajstić information content (AvgIpc) is 3.38. The number of anilines is 1. The topological polar surface area (TPSA) is 79.7 Å². The number of nitrogens with zero attached hydrogens (tertiary/aromatic N) is 2. The molecule has 0 saturated carbocycles. The van der Waals surface area contributed by atoms with E-state index in [0.29, 0.717) is 22.0 Å². The van der Waals surface area contributed by atoms with Gasteiger partial charge in [0.25, 0.3) is 5.78 Å². The van der Waals surface area contributed by atoms with Gasteiger partial charge in [-0.15, -0.1) is 0 Å². The smallest absolute Gasteiger partial charge is 0.301 e. The molecule has 0 spiro atoms. The van der Waals surface area contributed by atoms with Crippen LogP contribution in [0.2, 0.25) is 0 Å². The predicted octanol–water partition coefficient (Wildman–Crippen LogP) is 6.62. The third-order valence-electron chi connectivity index (χ3n) is 6.32. The number of halogens is 1. The van der Waals surface area contributed by atoms with Crippen LogP contribution in [-0.4, -0.2) is 28.9 Å². The highest BCUT2D eigenvalue weighted by Crippen LogP contribution is 2.45. The summed E-state index contributed by atoms with van der Waals surface area (Å²) >= 11 is 4.81. The zero-order chi connectivity index (χ0) is 25.7. The first kappa shape index (κ1) is 24.2. The van der Waals surface area contributed by atoms with E-state index in [9.17, 15) is 14.7 Å². The third kappa shape index (κ3) is 4.00. The molecule has 8 heteroatoms. The van der Waals surface area contributed by atoms with E-state index in [-0.39, 0.29) is 11.3 Å². The molecule has 1 N–H and O–H groups in total. The maximum absolute atomic E-state index is 13.5. The second-order valence-corrected chi connectivity index (χ2v) is 10.8. The van der Waals surface area contributed by atoms with Crippen LogP contribution < -0.4 is 9.64 Å². The van der Waals surface area contributed by atoms with E-state index in [1.54, 1.807) is 25.3 Å². The zero-order valence-corrected chi connectivity index (χ0v) is 22.5. The van der Waals surface area contributed by atoms with Crippen molar-refractivity contribution in [2.24, 2.45) is 0 Å². The van der Waals surface area contributed by atoms with Gasteiger partial charge in [-0.2, -0.15) is 0 Å². The first-order valence-corrected chi connectivity index (χ1v) is 12.9. The molecule has 0 unspecified atom stereocenters. The number of methoxy groups -OCH3 is 1. The number of thiazole rings is 1. The Morgan fingerprint density at radius 1 is 1.03 bits per heavy atom. The Bertz CT molecular complexity index is 1570. The zero-order valence-electron chi connectivity index (χ0n) is 20.1. The van der Waals surface area contributed by atoms with Gasteiger partial charge in [0, 0.05) is 10.0 Å². The monoisotopic (exact) mass is 562 g/mol. The van der Waals surface area contributed by atoms with Gasteiger partial charge in [0.2, 0.25) is 0 Å². The van der Waals surface area contributed by atoms with Gasteiger partial charge in [0.1, 0.15) is 11.5 Å². The summed E-state index contributed by atoms with van der Waals surface area (Å²) in [5.74, 6) is -1.04. The lowest BCUT2D eigenvalue weighted by molar-refractivity contribution is -0.132. The molecule has 2 heterocycles. The molecule has 3 aromatic carbocycles. The molecule has 4 aromatic rings. The minimum absolute atomic E-state index is 0.0269. The number of amides is 1. The van der Waals surface area contributed by atoms with Crippen LogP contribution in [0.15, 0.2) is 64.6 Å². The lowest BCUT2D eigenvalue weighted by Gasteiger charge is -2.23. The van der Waals surface area contributed by atoms with Crippen molar-refractivity contribution in [3.8, 4) is 5.75 Å². The van der Waals surface area contributed by atoms with Crippen LogP contribution in [-0.2, 0) is 9.59 Å². The number of ketones is 1. The Hall–Kier alpha value is -3.49. The molecule has 1 aliphatic heterocycles. The van der Waals surface area contributed by atoms with Crippen LogP contribution in [0, 0.1) is 20.8 Å². The lowest BCUT2D eigenvalue weighted by atomic mass is 9.95. The molecule has 1 fully saturated rings. The standard InChI is InChI=1S/C28H23BrN2O4S/c1-14-11-16(3)23-21(12-14)36-28(30-23)31-24(17-5-8-19(29)9-6-17)22(26(33)27(31)34)25(32)18-7-10-20(35-4)15(2)13-18/h5-13,24,32H,1-4H3/t24-/m1/s1. The first-order chi connectivity index (χ1) is 17.2. The number of hydrogen-bond acceptors (Lipinski definition) is 6. The van der Waals surface area contributed by atoms with Crippen molar-refractivity contribution < 1.29 is 19.4 Å². The largest absolute Gasteiger partial charge is 0.507 e. The molecule has 1 atom stereocenters. The van der Waals surface area contributed by atoms with Crippen LogP contribution in [0.4, 0.5) is 5.13 Å². The number of hydrogen-bond donors (Lipinski definition) is 1. The van der Waals surface area contributed by atoms with Crippen molar-refractivity contribution >= 4 is 60.1 Å². The van der Waals surface area contributed by atoms with Gasteiger partial charge in [-0.3, -0.25) is 14.5 Å². The highest BCUT2D eigenvalue weighted by atomic mass is 79.9. The fourth-order valence-corrected chi connectivity index (χ4v) is 6.07. The molecule has 36 heavy (non-hydrogen) atoms. The van der Waals surface area contributed by atoms with Gasteiger partial charge >= 0.3 is 5.91 Å². The first-order valence-electron chi connectivity index (χ1n) is 11.3. The maximum Gasteiger partial charge on any atom is 0.301 e. The second kappa shape index (κ2) is 9.19. The van der Waals surface area contributed by atoms with E-state index < -0.39 is 17.7 Å². The van der Waals surface area contributed by atoms with E-state index in [1.165, 1.54) is 16.2 Å². The molecule has 1 aliphatic rings. The SMILES string of the molecule is COc1ccc(C(O)=C2C(=O)C(=O)N(c3nc4c(C)cc(C)cc4s3)[C@@H]2c2ccc(Br)cc2)cc1C. The van der Waals surface area contributed by atoms with Gasteiger partial charge in [-0.1, -0.05) is 45.5 Å². The highest BCUT2D eigenvalue weighted by Gasteiger charge is 2.48. The summed E-state index contributed by atoms with van der Waals surface area (Å²) in [6, 6.07) is 15.7. The van der Waals surface area contributed by atoms with Crippen LogP contribution in [0.1, 0.15) is 33.9 Å². The fourth-order valence-electron chi connectivity index (χ4n) is 4.63. The van der Waals surface area contributed by atoms with Crippen molar-refractivity contribution in [2.45, 2.75) is 26.8 Å². The van der Waals surface area contributed by atoms with Crippen molar-refractivity contribution in [3.05, 3.63) is 92.5 Å². The van der Waals surface area contributed by atoms with E-state index in [0.717, 1.165) is 31.4 Å². The third-order valence-corrected chi connectivity index (χ3v) is 7.85. The summed E-state index contributed by atoms with van der Waals surface area (Å²) in [5.41, 5.74) is 4.84. The number of aliphatic hydroxyl groups excluding tert-OH is 1. The number of ether oxygens (including phenoxy) is 1. The van der Waals surface area contributed by atoms with Gasteiger partial charge in [-0.25, -0.2) is 4.98 Å². The number of benzene rings is 3. The summed E-state index contributed by atoms with van der Waals surface area (Å²) in [7, 11) is 1.57. The molecule has 0 bridgehead atoms. The Morgan fingerprint density at radius 2 is 1.75 bits per heavy atom. The van der Waals surface area contributed by atoms with Gasteiger partial charge in [0.15, 0.2) is 5.13 Å². The van der Waals surface area contributed by atoms with Crippen molar-refractivity contribution in [3.63, 3.8) is 0 Å². The number of carbonyl (C=O) groups excluding carboxylic acids is 2. The maximum atomic E-state index is 13.5. The normalized spacial score (nSPS) is 17.2. The summed E-state index contributed by atoms with van der Waals surface area (Å²) in [6.45, 7) is 5.84. The number of Topliss-reactive ketones (excluding diaryl/α,β-unsaturated/α-hetero) is 1. The predicted molar refractivity (Wildman–Crippen MR) is 146 cm³/mol. The number of fused-ring (bicyclic) bond motifs is 1. The van der Waals surface area contributed by atoms with Crippen LogP contribution in [0.5, 0.6) is 5.75 Å². The van der Waals surface area contributed by atoms with Gasteiger partial charge in [-0.05, 0) is 79.4 Å². The Morgan fingerprint density at radius 3 is 2.42 bits per heavy atom. The molecule has 5 rings (SSSR count). The van der Waals surface area contributed by atoms with Gasteiger partial charge in [0.05, 0.1) is 28.9 Å². The summed E-state index contributed by atoms with van der Waals surface area (Å²) in [4.78, 5) is 33.1. The number of carbonyl (C=O) groups is 2. The second-order valence-electron chi connectivity index (χ2n) is 8.83. The minimum atomic E-state index is -0.831. The van der Waals surface area contributed by atoms with E-state index in [2.05, 4.69) is 15.9 Å². The Labute approximate surface area is 221 Å². The van der Waals surface area contributed by atoms with Crippen molar-refractivity contribution in [2.75, 3.05) is 12.0 Å². The van der Waals surface area contributed by atoms with E-state index in [4.69, 9.17) is 9.72 Å². The van der Waals surface area contributed by atoms with Gasteiger partial charge < -0.3 is 9.84 Å². The lowest BCUT2D eigenvalue weighted by Crippen LogP contribution is -2.29. The summed E-state index contributed by atoms with van der Waals surface area (Å²) < 4.78 is 7.12. The number of aliphatic hydroxyl groups is 1. The van der Waals surface area contributed by atoms with Crippen LogP contribution in [0.3, 0.4) is 0 Å². The van der Waals surface area contributed by atoms with Crippen molar-refractivity contribution in [1.82, 2.24) is 4.98 Å². The summed E-state index contributed by atoms with van der Waals surface area (Å²) in [6.07, 6.45) is 0. The number of aromatic nitrogens is 1. The molecule has 0 aliphatic carbocycles. The van der Waals surface area contributed by atoms with Crippen molar-refractivity contribution in [1.29, 1.82) is 0 Å². The summed E-state index contributed by atoms with van der Waals surface area (Å²) in [5, 5.41) is 11.8. The molecular formula is C28H23BrN2O4S. The highest BCUT2D eigenvalue weighted by molar-refractivity contribution is 9.10.